The normalized spacial score (nSPS) is 18.2. The second-order valence-electron chi connectivity index (χ2n) is 4.84. The largest absolute Gasteiger partial charge is 0.425 e. The zero-order valence-electron chi connectivity index (χ0n) is 11.0. The third kappa shape index (κ3) is 2.78. The molecular weight excluding hydrogens is 320 g/mol. The Bertz CT molecular complexity index is 726. The second-order valence-corrected chi connectivity index (χ2v) is 5.75. The van der Waals surface area contributed by atoms with Crippen molar-refractivity contribution in [3.63, 3.8) is 0 Å². The van der Waals surface area contributed by atoms with Crippen molar-refractivity contribution in [2.24, 2.45) is 0 Å². The molecule has 8 heteroatoms. The van der Waals surface area contributed by atoms with Crippen LogP contribution in [-0.2, 0) is 6.18 Å². The fraction of sp³-hybridized carbons (Fsp3) is 0.214. The van der Waals surface area contributed by atoms with E-state index < -0.39 is 16.9 Å². The highest BCUT2D eigenvalue weighted by Gasteiger charge is 2.32. The summed E-state index contributed by atoms with van der Waals surface area (Å²) in [7, 11) is 0. The minimum absolute atomic E-state index is 0.104. The van der Waals surface area contributed by atoms with Gasteiger partial charge in [0.1, 0.15) is 10.7 Å². The van der Waals surface area contributed by atoms with Gasteiger partial charge in [-0.25, -0.2) is 9.18 Å². The van der Waals surface area contributed by atoms with Gasteiger partial charge in [-0.05, 0) is 28.6 Å². The molecule has 0 spiro atoms. The number of rotatable bonds is 2. The summed E-state index contributed by atoms with van der Waals surface area (Å²) in [6.07, 6.45) is -4.43. The number of hydrogen-bond donors (Lipinski definition) is 2. The molecule has 0 bridgehead atoms. The summed E-state index contributed by atoms with van der Waals surface area (Å²) in [5, 5.41) is 6.45. The number of amides is 2. The van der Waals surface area contributed by atoms with E-state index in [0.29, 0.717) is 23.4 Å². The molecule has 116 valence electrons. The van der Waals surface area contributed by atoms with Crippen molar-refractivity contribution in [3.05, 3.63) is 45.9 Å². The van der Waals surface area contributed by atoms with Crippen LogP contribution in [0.5, 0.6) is 0 Å². The lowest BCUT2D eigenvalue weighted by Gasteiger charge is -2.10. The predicted octanol–water partition coefficient (Wildman–Crippen LogP) is 3.93. The first-order chi connectivity index (χ1) is 10.3. The molecule has 1 unspecified atom stereocenters. The molecule has 2 N–H and O–H groups in total. The third-order valence-corrected chi connectivity index (χ3v) is 4.33. The number of halogens is 4. The van der Waals surface area contributed by atoms with Gasteiger partial charge in [-0.3, -0.25) is 0 Å². The van der Waals surface area contributed by atoms with E-state index in [1.165, 1.54) is 17.5 Å². The first-order valence-corrected chi connectivity index (χ1v) is 7.22. The van der Waals surface area contributed by atoms with Crippen LogP contribution in [0.15, 0.2) is 29.6 Å². The van der Waals surface area contributed by atoms with Crippen molar-refractivity contribution < 1.29 is 22.4 Å². The van der Waals surface area contributed by atoms with Crippen LogP contribution in [0, 0.1) is 5.82 Å². The topological polar surface area (TPSA) is 41.1 Å². The van der Waals surface area contributed by atoms with Gasteiger partial charge in [0, 0.05) is 12.1 Å². The van der Waals surface area contributed by atoms with Crippen LogP contribution < -0.4 is 10.6 Å². The van der Waals surface area contributed by atoms with Gasteiger partial charge in [0.2, 0.25) is 0 Å². The van der Waals surface area contributed by atoms with Crippen LogP contribution >= 0.6 is 11.3 Å². The van der Waals surface area contributed by atoms with Crippen molar-refractivity contribution in [3.8, 4) is 11.1 Å². The van der Waals surface area contributed by atoms with Crippen LogP contribution in [0.2, 0.25) is 0 Å². The van der Waals surface area contributed by atoms with E-state index in [0.717, 1.165) is 6.07 Å². The molecule has 3 rings (SSSR count). The monoisotopic (exact) mass is 330 g/mol. The van der Waals surface area contributed by atoms with Crippen LogP contribution in [0.3, 0.4) is 0 Å². The quantitative estimate of drug-likeness (QED) is 0.805. The van der Waals surface area contributed by atoms with E-state index >= 15 is 0 Å². The number of alkyl halides is 3. The molecule has 1 atom stereocenters. The van der Waals surface area contributed by atoms with Crippen molar-refractivity contribution in [2.75, 3.05) is 6.54 Å². The van der Waals surface area contributed by atoms with Gasteiger partial charge in [0.15, 0.2) is 0 Å². The van der Waals surface area contributed by atoms with Gasteiger partial charge in [0.05, 0.1) is 6.04 Å². The van der Waals surface area contributed by atoms with Crippen molar-refractivity contribution >= 4 is 17.4 Å². The van der Waals surface area contributed by atoms with Crippen LogP contribution in [0.1, 0.15) is 16.5 Å². The summed E-state index contributed by atoms with van der Waals surface area (Å²) >= 11 is 0.531. The number of thiophene rings is 1. The molecule has 1 aliphatic heterocycles. The lowest BCUT2D eigenvalue weighted by Crippen LogP contribution is -2.21. The Morgan fingerprint density at radius 3 is 2.55 bits per heavy atom. The van der Waals surface area contributed by atoms with E-state index in [2.05, 4.69) is 10.6 Å². The first kappa shape index (κ1) is 14.8. The molecular formula is C14H10F4N2OS. The molecule has 2 heterocycles. The molecule has 1 saturated heterocycles. The maximum absolute atomic E-state index is 14.2. The molecule has 22 heavy (non-hydrogen) atoms. The number of carbonyl (C=O) groups is 1. The lowest BCUT2D eigenvalue weighted by atomic mass is 10.0. The molecule has 1 aromatic carbocycles. The van der Waals surface area contributed by atoms with Gasteiger partial charge in [0.25, 0.3) is 0 Å². The van der Waals surface area contributed by atoms with Crippen LogP contribution in [0.4, 0.5) is 22.4 Å². The Labute approximate surface area is 127 Å². The summed E-state index contributed by atoms with van der Waals surface area (Å²) in [6.45, 7) is 0.342. The molecule has 0 saturated carbocycles. The highest BCUT2D eigenvalue weighted by atomic mass is 32.1. The number of carbonyl (C=O) groups excluding carboxylic acids is 1. The lowest BCUT2D eigenvalue weighted by molar-refractivity contribution is -0.134. The molecule has 1 fully saturated rings. The molecule has 2 amide bonds. The molecule has 2 aromatic rings. The minimum Gasteiger partial charge on any atom is -0.336 e. The Morgan fingerprint density at radius 2 is 2.00 bits per heavy atom. The minimum atomic E-state index is -4.43. The molecule has 0 aliphatic carbocycles. The second kappa shape index (κ2) is 5.28. The maximum Gasteiger partial charge on any atom is 0.425 e. The standard InChI is InChI=1S/C14H10F4N2OS/c15-10-3-7(11-5-19-13(21)20-11)1-2-9(10)8-4-12(22-6-8)14(16,17)18/h1-4,6,11H,5H2,(H2,19,20,21). The Hall–Kier alpha value is -2.09. The average Bonchev–Trinajstić information content (AvgIpc) is 3.06. The van der Waals surface area contributed by atoms with Gasteiger partial charge in [-0.2, -0.15) is 13.2 Å². The maximum atomic E-state index is 14.2. The van der Waals surface area contributed by atoms with Gasteiger partial charge in [-0.15, -0.1) is 11.3 Å². The van der Waals surface area contributed by atoms with Crippen molar-refractivity contribution in [1.29, 1.82) is 0 Å². The summed E-state index contributed by atoms with van der Waals surface area (Å²) in [4.78, 5) is 10.3. The molecule has 0 radical (unpaired) electrons. The average molecular weight is 330 g/mol. The summed E-state index contributed by atoms with van der Waals surface area (Å²) in [6, 6.07) is 4.52. The Balaban J connectivity index is 1.89. The smallest absolute Gasteiger partial charge is 0.336 e. The van der Waals surface area contributed by atoms with Gasteiger partial charge < -0.3 is 10.6 Å². The molecule has 3 nitrogen and oxygen atoms in total. The van der Waals surface area contributed by atoms with E-state index in [1.54, 1.807) is 6.07 Å². The van der Waals surface area contributed by atoms with E-state index in [-0.39, 0.29) is 23.2 Å². The molecule has 1 aliphatic rings. The summed E-state index contributed by atoms with van der Waals surface area (Å²) < 4.78 is 52.0. The van der Waals surface area contributed by atoms with E-state index in [1.807, 2.05) is 0 Å². The zero-order chi connectivity index (χ0) is 15.9. The van der Waals surface area contributed by atoms with E-state index in [4.69, 9.17) is 0 Å². The number of hydrogen-bond acceptors (Lipinski definition) is 2. The van der Waals surface area contributed by atoms with Crippen molar-refractivity contribution in [2.45, 2.75) is 12.2 Å². The molecule has 1 aromatic heterocycles. The predicted molar refractivity (Wildman–Crippen MR) is 74.0 cm³/mol. The van der Waals surface area contributed by atoms with Crippen LogP contribution in [0.25, 0.3) is 11.1 Å². The van der Waals surface area contributed by atoms with Gasteiger partial charge >= 0.3 is 12.2 Å². The Morgan fingerprint density at radius 1 is 1.23 bits per heavy atom. The number of urea groups is 1. The van der Waals surface area contributed by atoms with E-state index in [9.17, 15) is 22.4 Å². The number of benzene rings is 1. The highest BCUT2D eigenvalue weighted by Crippen LogP contribution is 2.38. The summed E-state index contributed by atoms with van der Waals surface area (Å²) in [5.41, 5.74) is 0.855. The summed E-state index contributed by atoms with van der Waals surface area (Å²) in [5.74, 6) is -0.620. The van der Waals surface area contributed by atoms with Gasteiger partial charge in [-0.1, -0.05) is 12.1 Å². The SMILES string of the molecule is O=C1NCC(c2ccc(-c3csc(C(F)(F)F)c3)c(F)c2)N1. The highest BCUT2D eigenvalue weighted by molar-refractivity contribution is 7.10. The number of nitrogens with one attached hydrogen (secondary N) is 2. The van der Waals surface area contributed by atoms with Crippen molar-refractivity contribution in [1.82, 2.24) is 10.6 Å². The Kier molecular flexibility index (Phi) is 3.56. The van der Waals surface area contributed by atoms with Crippen LogP contribution in [-0.4, -0.2) is 12.6 Å². The zero-order valence-corrected chi connectivity index (χ0v) is 11.8. The first-order valence-electron chi connectivity index (χ1n) is 6.34. The fourth-order valence-corrected chi connectivity index (χ4v) is 3.04. The fourth-order valence-electron chi connectivity index (χ4n) is 2.26. The third-order valence-electron chi connectivity index (χ3n) is 3.36.